The fourth-order valence-electron chi connectivity index (χ4n) is 1.91. The zero-order chi connectivity index (χ0) is 14.5. The second-order valence-electron chi connectivity index (χ2n) is 4.83. The van der Waals surface area contributed by atoms with Crippen LogP contribution >= 0.6 is 0 Å². The lowest BCUT2D eigenvalue weighted by Gasteiger charge is -2.18. The van der Waals surface area contributed by atoms with E-state index < -0.39 is 10.0 Å². The fraction of sp³-hybridized carbons (Fsp3) is 0.571. The second kappa shape index (κ2) is 7.03. The number of sulfonamides is 1. The number of rotatable bonds is 7. The Morgan fingerprint density at radius 2 is 1.95 bits per heavy atom. The molecular weight excluding hydrogens is 260 g/mol. The van der Waals surface area contributed by atoms with Gasteiger partial charge < -0.3 is 5.73 Å². The Hall–Kier alpha value is -0.910. The molecular formula is C14H24N2O2S. The lowest BCUT2D eigenvalue weighted by molar-refractivity contribution is 0.454. The van der Waals surface area contributed by atoms with Gasteiger partial charge in [0.25, 0.3) is 0 Å². The van der Waals surface area contributed by atoms with E-state index in [0.29, 0.717) is 18.0 Å². The van der Waals surface area contributed by atoms with Gasteiger partial charge in [-0.05, 0) is 36.6 Å². The molecule has 2 N–H and O–H groups in total. The zero-order valence-corrected chi connectivity index (χ0v) is 12.8. The smallest absolute Gasteiger partial charge is 0.242 e. The lowest BCUT2D eigenvalue weighted by atomic mass is 10.1. The van der Waals surface area contributed by atoms with Gasteiger partial charge in [-0.1, -0.05) is 25.8 Å². The Kier molecular flexibility index (Phi) is 5.97. The molecule has 108 valence electrons. The van der Waals surface area contributed by atoms with Gasteiger partial charge in [0, 0.05) is 20.1 Å². The highest BCUT2D eigenvalue weighted by Crippen LogP contribution is 2.19. The SMILES string of the molecule is CCCCCN(C)S(=O)(=O)c1ccc(C)c(CN)c1. The van der Waals surface area contributed by atoms with E-state index in [-0.39, 0.29) is 0 Å². The van der Waals surface area contributed by atoms with Gasteiger partial charge in [-0.25, -0.2) is 12.7 Å². The van der Waals surface area contributed by atoms with E-state index >= 15 is 0 Å². The Morgan fingerprint density at radius 3 is 2.53 bits per heavy atom. The van der Waals surface area contributed by atoms with Crippen LogP contribution in [-0.2, 0) is 16.6 Å². The van der Waals surface area contributed by atoms with Crippen molar-refractivity contribution in [1.82, 2.24) is 4.31 Å². The van der Waals surface area contributed by atoms with Crippen molar-refractivity contribution in [2.75, 3.05) is 13.6 Å². The van der Waals surface area contributed by atoms with Crippen molar-refractivity contribution in [3.8, 4) is 0 Å². The highest BCUT2D eigenvalue weighted by atomic mass is 32.2. The van der Waals surface area contributed by atoms with Gasteiger partial charge in [0.05, 0.1) is 4.90 Å². The van der Waals surface area contributed by atoms with Gasteiger partial charge in [0.1, 0.15) is 0 Å². The molecule has 0 aliphatic rings. The molecule has 0 spiro atoms. The first-order valence-corrected chi connectivity index (χ1v) is 8.13. The molecule has 1 aromatic rings. The first kappa shape index (κ1) is 16.1. The van der Waals surface area contributed by atoms with Crippen LogP contribution in [0.1, 0.15) is 37.3 Å². The number of nitrogens with zero attached hydrogens (tertiary/aromatic N) is 1. The summed E-state index contributed by atoms with van der Waals surface area (Å²) in [5, 5.41) is 0. The summed E-state index contributed by atoms with van der Waals surface area (Å²) in [6, 6.07) is 5.15. The molecule has 0 unspecified atom stereocenters. The second-order valence-corrected chi connectivity index (χ2v) is 6.87. The average molecular weight is 284 g/mol. The van der Waals surface area contributed by atoms with Crippen molar-refractivity contribution in [2.24, 2.45) is 5.73 Å². The molecule has 19 heavy (non-hydrogen) atoms. The van der Waals surface area contributed by atoms with Crippen molar-refractivity contribution in [2.45, 2.75) is 44.6 Å². The van der Waals surface area contributed by atoms with Crippen LogP contribution < -0.4 is 5.73 Å². The van der Waals surface area contributed by atoms with Crippen molar-refractivity contribution in [1.29, 1.82) is 0 Å². The van der Waals surface area contributed by atoms with E-state index in [0.717, 1.165) is 30.4 Å². The van der Waals surface area contributed by atoms with Crippen LogP contribution in [0.3, 0.4) is 0 Å². The quantitative estimate of drug-likeness (QED) is 0.781. The van der Waals surface area contributed by atoms with Gasteiger partial charge in [0.15, 0.2) is 0 Å². The van der Waals surface area contributed by atoms with E-state index in [4.69, 9.17) is 5.73 Å². The van der Waals surface area contributed by atoms with Crippen molar-refractivity contribution >= 4 is 10.0 Å². The monoisotopic (exact) mass is 284 g/mol. The molecule has 0 saturated carbocycles. The zero-order valence-electron chi connectivity index (χ0n) is 12.0. The Bertz CT molecular complexity index is 512. The van der Waals surface area contributed by atoms with Crippen LogP contribution in [0, 0.1) is 6.92 Å². The van der Waals surface area contributed by atoms with Crippen molar-refractivity contribution in [3.05, 3.63) is 29.3 Å². The molecule has 0 atom stereocenters. The van der Waals surface area contributed by atoms with E-state index in [1.807, 2.05) is 13.0 Å². The summed E-state index contributed by atoms with van der Waals surface area (Å²) in [5.41, 5.74) is 7.53. The highest BCUT2D eigenvalue weighted by Gasteiger charge is 2.20. The third-order valence-corrected chi connectivity index (χ3v) is 5.18. The van der Waals surface area contributed by atoms with Crippen LogP contribution in [0.15, 0.2) is 23.1 Å². The predicted octanol–water partition coefficient (Wildman–Crippen LogP) is 2.26. The molecule has 0 fully saturated rings. The van der Waals surface area contributed by atoms with Gasteiger partial charge in [0.2, 0.25) is 10.0 Å². The highest BCUT2D eigenvalue weighted by molar-refractivity contribution is 7.89. The lowest BCUT2D eigenvalue weighted by Crippen LogP contribution is -2.28. The van der Waals surface area contributed by atoms with Crippen LogP contribution in [0.5, 0.6) is 0 Å². The summed E-state index contributed by atoms with van der Waals surface area (Å²) >= 11 is 0. The number of unbranched alkanes of at least 4 members (excludes halogenated alkanes) is 2. The maximum absolute atomic E-state index is 12.4. The minimum Gasteiger partial charge on any atom is -0.326 e. The number of hydrogen-bond donors (Lipinski definition) is 1. The molecule has 0 aliphatic heterocycles. The molecule has 1 aromatic carbocycles. The molecule has 0 radical (unpaired) electrons. The average Bonchev–Trinajstić information content (AvgIpc) is 2.39. The van der Waals surface area contributed by atoms with Crippen LogP contribution in [0.2, 0.25) is 0 Å². The molecule has 0 aromatic heterocycles. The Balaban J connectivity index is 2.93. The molecule has 0 aliphatic carbocycles. The summed E-state index contributed by atoms with van der Waals surface area (Å²) in [5.74, 6) is 0. The molecule has 0 saturated heterocycles. The minimum absolute atomic E-state index is 0.331. The topological polar surface area (TPSA) is 63.4 Å². The molecule has 0 heterocycles. The number of aryl methyl sites for hydroxylation is 1. The van der Waals surface area contributed by atoms with Crippen LogP contribution in [0.25, 0.3) is 0 Å². The summed E-state index contributed by atoms with van der Waals surface area (Å²) in [7, 11) is -1.76. The molecule has 0 bridgehead atoms. The van der Waals surface area contributed by atoms with E-state index in [2.05, 4.69) is 6.92 Å². The minimum atomic E-state index is -3.39. The van der Waals surface area contributed by atoms with Crippen molar-refractivity contribution in [3.63, 3.8) is 0 Å². The summed E-state index contributed by atoms with van der Waals surface area (Å²) in [6.45, 7) is 4.95. The predicted molar refractivity (Wildman–Crippen MR) is 78.4 cm³/mol. The molecule has 0 amide bonds. The summed E-state index contributed by atoms with van der Waals surface area (Å²) in [6.07, 6.45) is 3.01. The first-order chi connectivity index (χ1) is 8.93. The molecule has 1 rings (SSSR count). The van der Waals surface area contributed by atoms with Gasteiger partial charge >= 0.3 is 0 Å². The van der Waals surface area contributed by atoms with Crippen molar-refractivity contribution < 1.29 is 8.42 Å². The third-order valence-electron chi connectivity index (χ3n) is 3.33. The first-order valence-electron chi connectivity index (χ1n) is 6.69. The van der Waals surface area contributed by atoms with Gasteiger partial charge in [-0.15, -0.1) is 0 Å². The maximum atomic E-state index is 12.4. The largest absolute Gasteiger partial charge is 0.326 e. The number of nitrogens with two attached hydrogens (primary N) is 1. The van der Waals surface area contributed by atoms with Gasteiger partial charge in [-0.3, -0.25) is 0 Å². The Labute approximate surface area is 116 Å². The van der Waals surface area contributed by atoms with E-state index in [9.17, 15) is 8.42 Å². The summed E-state index contributed by atoms with van der Waals surface area (Å²) < 4.78 is 26.2. The Morgan fingerprint density at radius 1 is 1.26 bits per heavy atom. The standard InChI is InChI=1S/C14H24N2O2S/c1-4-5-6-9-16(3)19(17,18)14-8-7-12(2)13(10-14)11-15/h7-8,10H,4-6,9,11,15H2,1-3H3. The molecule has 4 nitrogen and oxygen atoms in total. The summed E-state index contributed by atoms with van der Waals surface area (Å²) in [4.78, 5) is 0.331. The fourth-order valence-corrected chi connectivity index (χ4v) is 3.17. The van der Waals surface area contributed by atoms with Crippen LogP contribution in [0.4, 0.5) is 0 Å². The van der Waals surface area contributed by atoms with Gasteiger partial charge in [-0.2, -0.15) is 0 Å². The van der Waals surface area contributed by atoms with Crippen LogP contribution in [-0.4, -0.2) is 26.3 Å². The normalized spacial score (nSPS) is 12.1. The maximum Gasteiger partial charge on any atom is 0.242 e. The third kappa shape index (κ3) is 4.03. The van der Waals surface area contributed by atoms with E-state index in [1.54, 1.807) is 19.2 Å². The number of hydrogen-bond acceptors (Lipinski definition) is 3. The van der Waals surface area contributed by atoms with E-state index in [1.165, 1.54) is 4.31 Å². The number of benzene rings is 1. The molecule has 5 heteroatoms.